The highest BCUT2D eigenvalue weighted by molar-refractivity contribution is 6.01. The molecule has 0 atom stereocenters. The van der Waals surface area contributed by atoms with Crippen LogP contribution in [0.3, 0.4) is 0 Å². The van der Waals surface area contributed by atoms with Gasteiger partial charge in [0.1, 0.15) is 0 Å². The molecule has 0 fully saturated rings. The minimum atomic E-state index is -0.0564. The quantitative estimate of drug-likeness (QED) is 0.730. The lowest BCUT2D eigenvalue weighted by Gasteiger charge is -2.15. The van der Waals surface area contributed by atoms with Gasteiger partial charge in [-0.15, -0.1) is 0 Å². The SMILES string of the molecule is Cc1ccccc1-c1ccccc1C(=O)NCc1cccc(N(C)C)c1. The minimum Gasteiger partial charge on any atom is -0.378 e. The van der Waals surface area contributed by atoms with Crippen LogP contribution in [0.1, 0.15) is 21.5 Å². The van der Waals surface area contributed by atoms with E-state index in [2.05, 4.69) is 41.4 Å². The Morgan fingerprint density at radius 1 is 0.885 bits per heavy atom. The highest BCUT2D eigenvalue weighted by Gasteiger charge is 2.13. The maximum absolute atomic E-state index is 12.8. The van der Waals surface area contributed by atoms with E-state index in [4.69, 9.17) is 0 Å². The number of carbonyl (C=O) groups excluding carboxylic acids is 1. The van der Waals surface area contributed by atoms with Gasteiger partial charge in [-0.1, -0.05) is 54.6 Å². The summed E-state index contributed by atoms with van der Waals surface area (Å²) in [6.45, 7) is 2.57. The molecule has 0 saturated carbocycles. The first-order valence-corrected chi connectivity index (χ1v) is 8.76. The van der Waals surface area contributed by atoms with Crippen molar-refractivity contribution < 1.29 is 4.79 Å². The third-order valence-corrected chi connectivity index (χ3v) is 4.49. The fraction of sp³-hybridized carbons (Fsp3) is 0.174. The van der Waals surface area contributed by atoms with Gasteiger partial charge in [0.05, 0.1) is 0 Å². The van der Waals surface area contributed by atoms with Crippen molar-refractivity contribution in [2.45, 2.75) is 13.5 Å². The van der Waals surface area contributed by atoms with Crippen LogP contribution in [0.15, 0.2) is 72.8 Å². The third-order valence-electron chi connectivity index (χ3n) is 4.49. The Kier molecular flexibility index (Phi) is 5.37. The van der Waals surface area contributed by atoms with E-state index < -0.39 is 0 Å². The van der Waals surface area contributed by atoms with Gasteiger partial charge in [0.2, 0.25) is 0 Å². The Balaban J connectivity index is 1.81. The monoisotopic (exact) mass is 344 g/mol. The summed E-state index contributed by atoms with van der Waals surface area (Å²) < 4.78 is 0. The van der Waals surface area contributed by atoms with Gasteiger partial charge in [0, 0.05) is 31.9 Å². The van der Waals surface area contributed by atoms with E-state index in [1.165, 1.54) is 0 Å². The number of rotatable bonds is 5. The Morgan fingerprint density at radius 2 is 1.58 bits per heavy atom. The molecule has 3 rings (SSSR count). The van der Waals surface area contributed by atoms with Crippen LogP contribution in [0.4, 0.5) is 5.69 Å². The molecule has 3 heteroatoms. The summed E-state index contributed by atoms with van der Waals surface area (Å²) >= 11 is 0. The molecule has 0 aliphatic rings. The smallest absolute Gasteiger partial charge is 0.252 e. The van der Waals surface area contributed by atoms with Crippen LogP contribution in [-0.4, -0.2) is 20.0 Å². The van der Waals surface area contributed by atoms with E-state index in [0.29, 0.717) is 12.1 Å². The zero-order chi connectivity index (χ0) is 18.5. The molecule has 0 saturated heterocycles. The van der Waals surface area contributed by atoms with E-state index in [0.717, 1.165) is 27.9 Å². The molecule has 0 radical (unpaired) electrons. The third kappa shape index (κ3) is 3.94. The Bertz CT molecular complexity index is 915. The van der Waals surface area contributed by atoms with Crippen LogP contribution < -0.4 is 10.2 Å². The van der Waals surface area contributed by atoms with Crippen LogP contribution in [0.25, 0.3) is 11.1 Å². The molecule has 0 aliphatic carbocycles. The van der Waals surface area contributed by atoms with Gasteiger partial charge in [0.25, 0.3) is 5.91 Å². The van der Waals surface area contributed by atoms with Crippen LogP contribution in [0, 0.1) is 6.92 Å². The highest BCUT2D eigenvalue weighted by Crippen LogP contribution is 2.26. The summed E-state index contributed by atoms with van der Waals surface area (Å²) in [6, 6.07) is 24.1. The molecular weight excluding hydrogens is 320 g/mol. The molecule has 3 nitrogen and oxygen atoms in total. The lowest BCUT2D eigenvalue weighted by molar-refractivity contribution is 0.0951. The molecule has 0 heterocycles. The van der Waals surface area contributed by atoms with E-state index in [1.807, 2.05) is 62.6 Å². The predicted molar refractivity (Wildman–Crippen MR) is 109 cm³/mol. The molecule has 1 amide bonds. The van der Waals surface area contributed by atoms with Crippen LogP contribution >= 0.6 is 0 Å². The maximum Gasteiger partial charge on any atom is 0.252 e. The Hall–Kier alpha value is -3.07. The fourth-order valence-electron chi connectivity index (χ4n) is 3.01. The van der Waals surface area contributed by atoms with Gasteiger partial charge >= 0.3 is 0 Å². The Morgan fingerprint density at radius 3 is 2.31 bits per heavy atom. The molecule has 3 aromatic rings. The molecule has 26 heavy (non-hydrogen) atoms. The number of nitrogens with one attached hydrogen (secondary N) is 1. The fourth-order valence-corrected chi connectivity index (χ4v) is 3.01. The zero-order valence-corrected chi connectivity index (χ0v) is 15.5. The highest BCUT2D eigenvalue weighted by atomic mass is 16.1. The van der Waals surface area contributed by atoms with Crippen molar-refractivity contribution in [3.63, 3.8) is 0 Å². The number of hydrogen-bond donors (Lipinski definition) is 1. The topological polar surface area (TPSA) is 32.3 Å². The Labute approximate surface area is 155 Å². The summed E-state index contributed by atoms with van der Waals surface area (Å²) in [7, 11) is 4.02. The van der Waals surface area contributed by atoms with E-state index in [9.17, 15) is 4.79 Å². The number of aryl methyl sites for hydroxylation is 1. The maximum atomic E-state index is 12.8. The number of anilines is 1. The first-order chi connectivity index (χ1) is 12.6. The number of hydrogen-bond acceptors (Lipinski definition) is 2. The molecule has 3 aromatic carbocycles. The molecule has 0 aliphatic heterocycles. The lowest BCUT2D eigenvalue weighted by atomic mass is 9.95. The molecule has 0 bridgehead atoms. The molecular formula is C23H24N2O. The second-order valence-electron chi connectivity index (χ2n) is 6.61. The average Bonchev–Trinajstić information content (AvgIpc) is 2.67. The van der Waals surface area contributed by atoms with Gasteiger partial charge in [-0.25, -0.2) is 0 Å². The van der Waals surface area contributed by atoms with Gasteiger partial charge in [-0.2, -0.15) is 0 Å². The summed E-state index contributed by atoms with van der Waals surface area (Å²) in [5.74, 6) is -0.0564. The van der Waals surface area contributed by atoms with Gasteiger partial charge < -0.3 is 10.2 Å². The minimum absolute atomic E-state index is 0.0564. The molecule has 0 unspecified atom stereocenters. The van der Waals surface area contributed by atoms with Crippen molar-refractivity contribution in [3.05, 3.63) is 89.5 Å². The molecule has 1 N–H and O–H groups in total. The van der Waals surface area contributed by atoms with Crippen molar-refractivity contribution in [3.8, 4) is 11.1 Å². The predicted octanol–water partition coefficient (Wildman–Crippen LogP) is 4.66. The van der Waals surface area contributed by atoms with E-state index in [1.54, 1.807) is 0 Å². The van der Waals surface area contributed by atoms with Gasteiger partial charge in [-0.3, -0.25) is 4.79 Å². The van der Waals surface area contributed by atoms with Crippen LogP contribution in [0.2, 0.25) is 0 Å². The van der Waals surface area contributed by atoms with E-state index >= 15 is 0 Å². The standard InChI is InChI=1S/C23H24N2O/c1-17-9-4-5-12-20(17)21-13-6-7-14-22(21)23(26)24-16-18-10-8-11-19(15-18)25(2)3/h4-15H,16H2,1-3H3,(H,24,26). The van der Waals surface area contributed by atoms with Gasteiger partial charge in [-0.05, 0) is 47.4 Å². The van der Waals surface area contributed by atoms with Crippen molar-refractivity contribution >= 4 is 11.6 Å². The normalized spacial score (nSPS) is 10.4. The van der Waals surface area contributed by atoms with Crippen LogP contribution in [-0.2, 0) is 6.54 Å². The van der Waals surface area contributed by atoms with Crippen molar-refractivity contribution in [2.75, 3.05) is 19.0 Å². The first-order valence-electron chi connectivity index (χ1n) is 8.76. The number of amides is 1. The molecule has 0 spiro atoms. The number of nitrogens with zero attached hydrogens (tertiary/aromatic N) is 1. The van der Waals surface area contributed by atoms with E-state index in [-0.39, 0.29) is 5.91 Å². The average molecular weight is 344 g/mol. The van der Waals surface area contributed by atoms with Crippen molar-refractivity contribution in [1.29, 1.82) is 0 Å². The lowest BCUT2D eigenvalue weighted by Crippen LogP contribution is -2.23. The zero-order valence-electron chi connectivity index (χ0n) is 15.5. The second-order valence-corrected chi connectivity index (χ2v) is 6.61. The number of benzene rings is 3. The second kappa shape index (κ2) is 7.87. The van der Waals surface area contributed by atoms with Crippen LogP contribution in [0.5, 0.6) is 0 Å². The summed E-state index contributed by atoms with van der Waals surface area (Å²) in [5, 5.41) is 3.05. The largest absolute Gasteiger partial charge is 0.378 e. The number of carbonyl (C=O) groups is 1. The summed E-state index contributed by atoms with van der Waals surface area (Å²) in [4.78, 5) is 14.9. The molecule has 0 aromatic heterocycles. The summed E-state index contributed by atoms with van der Waals surface area (Å²) in [6.07, 6.45) is 0. The van der Waals surface area contributed by atoms with Crippen molar-refractivity contribution in [2.24, 2.45) is 0 Å². The van der Waals surface area contributed by atoms with Gasteiger partial charge in [0.15, 0.2) is 0 Å². The van der Waals surface area contributed by atoms with Crippen molar-refractivity contribution in [1.82, 2.24) is 5.32 Å². The summed E-state index contributed by atoms with van der Waals surface area (Å²) in [5.41, 5.74) is 6.12. The molecule has 132 valence electrons. The first kappa shape index (κ1) is 17.7.